The topological polar surface area (TPSA) is 129 Å². The largest absolute Gasteiger partial charge is 0.573 e. The van der Waals surface area contributed by atoms with Gasteiger partial charge in [-0.05, 0) is 50.7 Å². The van der Waals surface area contributed by atoms with E-state index < -0.39 is 41.6 Å². The van der Waals surface area contributed by atoms with Crippen LogP contribution in [-0.4, -0.2) is 63.0 Å². The summed E-state index contributed by atoms with van der Waals surface area (Å²) in [4.78, 5) is 20.4. The van der Waals surface area contributed by atoms with Crippen LogP contribution in [0.4, 0.5) is 32.3 Å². The first-order chi connectivity index (χ1) is 19.7. The zero-order chi connectivity index (χ0) is 30.4. The number of aliphatic hydroxyl groups excluding tert-OH is 1. The monoisotopic (exact) mass is 600 g/mol. The molecule has 1 aromatic heterocycles. The van der Waals surface area contributed by atoms with Gasteiger partial charge in [-0.15, -0.1) is 13.2 Å². The van der Waals surface area contributed by atoms with Crippen molar-refractivity contribution in [3.05, 3.63) is 58.6 Å². The highest BCUT2D eigenvalue weighted by Crippen LogP contribution is 2.42. The molecule has 9 nitrogen and oxygen atoms in total. The molecule has 0 amide bonds. The number of anilines is 1. The lowest BCUT2D eigenvalue weighted by molar-refractivity contribution is -0.274. The van der Waals surface area contributed by atoms with Gasteiger partial charge in [0.1, 0.15) is 17.1 Å². The fourth-order valence-corrected chi connectivity index (χ4v) is 5.59. The fourth-order valence-electron chi connectivity index (χ4n) is 5.59. The maximum atomic E-state index is 13.5. The van der Waals surface area contributed by atoms with E-state index >= 15 is 0 Å². The summed E-state index contributed by atoms with van der Waals surface area (Å²) < 4.78 is 89.6. The molecule has 226 valence electrons. The molecule has 2 unspecified atom stereocenters. The molecule has 3 fully saturated rings. The highest BCUT2D eigenvalue weighted by molar-refractivity contribution is 6.12. The van der Waals surface area contributed by atoms with Crippen LogP contribution in [0.25, 0.3) is 0 Å². The Morgan fingerprint density at radius 3 is 2.21 bits per heavy atom. The lowest BCUT2D eigenvalue weighted by Gasteiger charge is -2.39. The van der Waals surface area contributed by atoms with Crippen molar-refractivity contribution in [1.82, 2.24) is 9.97 Å². The second kappa shape index (κ2) is 11.1. The van der Waals surface area contributed by atoms with Gasteiger partial charge in [-0.2, -0.15) is 13.2 Å². The minimum Gasteiger partial charge on any atom is -0.512 e. The highest BCUT2D eigenvalue weighted by Gasteiger charge is 2.45. The van der Waals surface area contributed by atoms with Gasteiger partial charge in [-0.3, -0.25) is 5.41 Å². The molecule has 2 aromatic rings. The molecule has 3 N–H and O–H groups in total. The number of rotatable bonds is 9. The van der Waals surface area contributed by atoms with Gasteiger partial charge in [0.25, 0.3) is 0 Å². The SMILES string of the molecule is N=C(/C(COC1CC2CC[C@@H](C1)N2c1ncc(C(=O)O)c(C(F)(F)F)n1)=C(\O)C1CC1)c1ccccc1OC(F)(F)F. The lowest BCUT2D eigenvalue weighted by atomic mass is 9.98. The average Bonchev–Trinajstić information content (AvgIpc) is 3.72. The number of carbonyl (C=O) groups is 1. The Kier molecular flexibility index (Phi) is 7.81. The van der Waals surface area contributed by atoms with E-state index in [0.29, 0.717) is 44.7 Å². The number of aromatic nitrogens is 2. The van der Waals surface area contributed by atoms with Crippen LogP contribution in [0.3, 0.4) is 0 Å². The first kappa shape index (κ1) is 29.6. The second-order valence-electron chi connectivity index (χ2n) is 10.5. The van der Waals surface area contributed by atoms with E-state index in [2.05, 4.69) is 14.7 Å². The predicted molar refractivity (Wildman–Crippen MR) is 135 cm³/mol. The minimum atomic E-state index is -4.99. The molecule has 0 radical (unpaired) electrons. The van der Waals surface area contributed by atoms with Gasteiger partial charge < -0.3 is 24.6 Å². The summed E-state index contributed by atoms with van der Waals surface area (Å²) in [6.45, 7) is -0.270. The van der Waals surface area contributed by atoms with Crippen molar-refractivity contribution in [3.8, 4) is 5.75 Å². The van der Waals surface area contributed by atoms with Crippen LogP contribution in [0.1, 0.15) is 60.1 Å². The number of alkyl halides is 6. The summed E-state index contributed by atoms with van der Waals surface area (Å²) in [6, 6.07) is 4.52. The van der Waals surface area contributed by atoms with Crippen molar-refractivity contribution in [2.45, 2.75) is 69.3 Å². The Bertz CT molecular complexity index is 1390. The molecule has 1 saturated carbocycles. The summed E-state index contributed by atoms with van der Waals surface area (Å²) in [6.07, 6.45) is -6.55. The third-order valence-corrected chi connectivity index (χ3v) is 7.62. The molecule has 0 spiro atoms. The molecule has 2 bridgehead atoms. The number of para-hydroxylation sites is 1. The molecule has 1 aliphatic carbocycles. The fraction of sp³-hybridized carbons (Fsp3) is 0.481. The Morgan fingerprint density at radius 1 is 1.00 bits per heavy atom. The lowest BCUT2D eigenvalue weighted by Crippen LogP contribution is -2.46. The van der Waals surface area contributed by atoms with Gasteiger partial charge in [0.15, 0.2) is 5.69 Å². The predicted octanol–water partition coefficient (Wildman–Crippen LogP) is 5.90. The summed E-state index contributed by atoms with van der Waals surface area (Å²) in [5.74, 6) is -2.97. The number of benzene rings is 1. The maximum Gasteiger partial charge on any atom is 0.573 e. The zero-order valence-electron chi connectivity index (χ0n) is 21.9. The molecule has 15 heteroatoms. The number of carboxylic acid groups (broad SMARTS) is 1. The molecular weight excluding hydrogens is 574 g/mol. The number of allylic oxidation sites excluding steroid dienone is 1. The van der Waals surface area contributed by atoms with Crippen molar-refractivity contribution in [3.63, 3.8) is 0 Å². The van der Waals surface area contributed by atoms with Crippen molar-refractivity contribution in [1.29, 1.82) is 5.41 Å². The van der Waals surface area contributed by atoms with Crippen LogP contribution in [0, 0.1) is 11.3 Å². The van der Waals surface area contributed by atoms with E-state index in [9.17, 15) is 36.2 Å². The summed E-state index contributed by atoms with van der Waals surface area (Å²) in [5, 5.41) is 28.6. The molecule has 3 atom stereocenters. The number of nitrogens with one attached hydrogen (secondary N) is 1. The van der Waals surface area contributed by atoms with Gasteiger partial charge >= 0.3 is 18.5 Å². The van der Waals surface area contributed by atoms with Crippen LogP contribution in [0.15, 0.2) is 41.8 Å². The number of carboxylic acids is 1. The van der Waals surface area contributed by atoms with Crippen molar-refractivity contribution in [2.24, 2.45) is 5.92 Å². The Morgan fingerprint density at radius 2 is 1.64 bits per heavy atom. The smallest absolute Gasteiger partial charge is 0.512 e. The average molecular weight is 601 g/mol. The number of ether oxygens (including phenoxy) is 2. The summed E-state index contributed by atoms with van der Waals surface area (Å²) in [5.41, 5.74) is -3.08. The van der Waals surface area contributed by atoms with Crippen molar-refractivity contribution < 1.29 is 50.8 Å². The molecule has 42 heavy (non-hydrogen) atoms. The van der Waals surface area contributed by atoms with Gasteiger partial charge in [0.2, 0.25) is 5.95 Å². The number of nitrogens with zero attached hydrogens (tertiary/aromatic N) is 3. The molecule has 2 aliphatic heterocycles. The molecule has 2 saturated heterocycles. The Balaban J connectivity index is 1.33. The zero-order valence-corrected chi connectivity index (χ0v) is 21.9. The Hall–Kier alpha value is -3.88. The van der Waals surface area contributed by atoms with Crippen LogP contribution < -0.4 is 9.64 Å². The van der Waals surface area contributed by atoms with E-state index in [1.165, 1.54) is 18.2 Å². The van der Waals surface area contributed by atoms with E-state index in [1.54, 1.807) is 4.90 Å². The van der Waals surface area contributed by atoms with Crippen LogP contribution in [0.2, 0.25) is 0 Å². The number of hydrogen-bond acceptors (Lipinski definition) is 8. The van der Waals surface area contributed by atoms with E-state index in [4.69, 9.17) is 15.3 Å². The summed E-state index contributed by atoms with van der Waals surface area (Å²) in [7, 11) is 0. The quantitative estimate of drug-likeness (QED) is 0.184. The van der Waals surface area contributed by atoms with Gasteiger partial charge in [0, 0.05) is 35.3 Å². The minimum absolute atomic E-state index is 0.0351. The standard InChI is InChI=1S/C27H26F6N4O5/c28-26(29,30)23-18(24(39)40)11-35-25(36-23)37-14-7-8-15(37)10-16(9-14)41-12-19(22(38)13-5-6-13)21(34)17-3-1-2-4-20(17)42-27(31,32)33/h1-4,11,13-16,34,38H,5-10,12H2,(H,39,40)/b22-19-,34-21?/t14-,15?,16?/m0/s1. The number of aliphatic hydroxyl groups is 1. The van der Waals surface area contributed by atoms with E-state index in [1.807, 2.05) is 0 Å². The third kappa shape index (κ3) is 6.30. The normalized spacial score (nSPS) is 23.0. The first-order valence-electron chi connectivity index (χ1n) is 13.2. The van der Waals surface area contributed by atoms with Crippen molar-refractivity contribution in [2.75, 3.05) is 11.5 Å². The van der Waals surface area contributed by atoms with E-state index in [0.717, 1.165) is 6.07 Å². The molecule has 1 aromatic carbocycles. The molecule has 3 heterocycles. The third-order valence-electron chi connectivity index (χ3n) is 7.62. The van der Waals surface area contributed by atoms with Gasteiger partial charge in [-0.1, -0.05) is 12.1 Å². The maximum absolute atomic E-state index is 13.5. The number of halogens is 6. The molecule has 3 aliphatic rings. The van der Waals surface area contributed by atoms with E-state index in [-0.39, 0.29) is 53.2 Å². The summed E-state index contributed by atoms with van der Waals surface area (Å²) >= 11 is 0. The van der Waals surface area contributed by atoms with Crippen LogP contribution >= 0.6 is 0 Å². The molecule has 5 rings (SSSR count). The van der Waals surface area contributed by atoms with Crippen LogP contribution in [-0.2, 0) is 10.9 Å². The number of fused-ring (bicyclic) bond motifs is 2. The molecular formula is C27H26F6N4O5. The Labute approximate surface area is 235 Å². The van der Waals surface area contributed by atoms with Crippen molar-refractivity contribution >= 4 is 17.6 Å². The first-order valence-corrected chi connectivity index (χ1v) is 13.2. The van der Waals surface area contributed by atoms with Gasteiger partial charge in [-0.25, -0.2) is 14.8 Å². The highest BCUT2D eigenvalue weighted by atomic mass is 19.4. The number of hydrogen-bond donors (Lipinski definition) is 3. The van der Waals surface area contributed by atoms with Gasteiger partial charge in [0.05, 0.1) is 18.4 Å². The van der Waals surface area contributed by atoms with Crippen LogP contribution in [0.5, 0.6) is 5.75 Å². The number of aromatic carboxylic acids is 1. The second-order valence-corrected chi connectivity index (χ2v) is 10.5. The number of piperidine rings is 1.